The van der Waals surface area contributed by atoms with E-state index in [1.165, 1.54) is 25.1 Å². The number of carbonyl (C=O) groups excluding carboxylic acids is 1. The number of Topliss-reactive ketones (excluding diaryl/α,β-unsaturated/α-hetero) is 1. The number of hydrogen-bond acceptors (Lipinski definition) is 5. The summed E-state index contributed by atoms with van der Waals surface area (Å²) in [5, 5.41) is 10.2. The summed E-state index contributed by atoms with van der Waals surface area (Å²) >= 11 is 0. The first-order chi connectivity index (χ1) is 12.9. The van der Waals surface area contributed by atoms with Gasteiger partial charge in [-0.05, 0) is 30.7 Å². The molecule has 0 aliphatic rings. The van der Waals surface area contributed by atoms with Crippen LogP contribution in [0.15, 0.2) is 82.6 Å². The molecule has 0 saturated carbocycles. The number of aromatic hydroxyl groups is 1. The van der Waals surface area contributed by atoms with Crippen LogP contribution in [0.5, 0.6) is 11.5 Å². The van der Waals surface area contributed by atoms with Crippen molar-refractivity contribution in [3.8, 4) is 11.5 Å². The first-order valence-corrected chi connectivity index (χ1v) is 9.72. The highest BCUT2D eigenvalue weighted by atomic mass is 32.2. The summed E-state index contributed by atoms with van der Waals surface area (Å²) in [6.45, 7) is 1.40. The molecule has 6 heteroatoms. The predicted molar refractivity (Wildman–Crippen MR) is 101 cm³/mol. The molecule has 27 heavy (non-hydrogen) atoms. The third-order valence-corrected chi connectivity index (χ3v) is 5.83. The quantitative estimate of drug-likeness (QED) is 0.652. The molecule has 0 atom stereocenters. The van der Waals surface area contributed by atoms with E-state index in [0.29, 0.717) is 0 Å². The minimum Gasteiger partial charge on any atom is -0.504 e. The molecular weight excluding hydrogens is 364 g/mol. The van der Waals surface area contributed by atoms with Crippen molar-refractivity contribution in [2.24, 2.45) is 0 Å². The summed E-state index contributed by atoms with van der Waals surface area (Å²) in [7, 11) is -3.95. The number of benzene rings is 3. The Labute approximate surface area is 157 Å². The predicted octanol–water partition coefficient (Wildman–Crippen LogP) is 4.01. The Kier molecular flexibility index (Phi) is 5.28. The van der Waals surface area contributed by atoms with Crippen molar-refractivity contribution in [2.45, 2.75) is 23.3 Å². The van der Waals surface area contributed by atoms with Crippen molar-refractivity contribution in [1.29, 1.82) is 0 Å². The van der Waals surface area contributed by atoms with Crippen molar-refractivity contribution in [3.05, 3.63) is 83.9 Å². The zero-order chi connectivity index (χ0) is 19.4. The van der Waals surface area contributed by atoms with Gasteiger partial charge in [-0.2, -0.15) is 0 Å². The number of hydrogen-bond donors (Lipinski definition) is 1. The molecule has 0 saturated heterocycles. The van der Waals surface area contributed by atoms with E-state index in [0.717, 1.165) is 11.6 Å². The molecule has 0 heterocycles. The molecule has 0 aromatic heterocycles. The summed E-state index contributed by atoms with van der Waals surface area (Å²) in [6, 6.07) is 19.4. The Balaban J connectivity index is 2.05. The van der Waals surface area contributed by atoms with Gasteiger partial charge in [0.05, 0.1) is 9.79 Å². The number of carbonyl (C=O) groups is 1. The summed E-state index contributed by atoms with van der Waals surface area (Å²) in [5.74, 6) is -0.754. The van der Waals surface area contributed by atoms with Crippen LogP contribution in [0.2, 0.25) is 0 Å². The van der Waals surface area contributed by atoms with E-state index in [1.807, 2.05) is 30.3 Å². The molecule has 3 aromatic carbocycles. The van der Waals surface area contributed by atoms with Crippen LogP contribution < -0.4 is 4.74 Å². The van der Waals surface area contributed by atoms with E-state index in [2.05, 4.69) is 0 Å². The highest BCUT2D eigenvalue weighted by Crippen LogP contribution is 2.35. The maximum atomic E-state index is 13.0. The molecule has 0 fully saturated rings. The van der Waals surface area contributed by atoms with Crippen LogP contribution in [0.3, 0.4) is 0 Å². The minimum absolute atomic E-state index is 0.00152. The van der Waals surface area contributed by atoms with Gasteiger partial charge < -0.3 is 9.84 Å². The minimum atomic E-state index is -3.95. The average Bonchev–Trinajstić information content (AvgIpc) is 2.68. The largest absolute Gasteiger partial charge is 0.504 e. The van der Waals surface area contributed by atoms with E-state index in [1.54, 1.807) is 18.2 Å². The lowest BCUT2D eigenvalue weighted by molar-refractivity contribution is 0.101. The van der Waals surface area contributed by atoms with Crippen LogP contribution >= 0.6 is 0 Å². The molecule has 0 radical (unpaired) electrons. The summed E-state index contributed by atoms with van der Waals surface area (Å²) < 4.78 is 31.6. The van der Waals surface area contributed by atoms with Gasteiger partial charge in [-0.15, -0.1) is 0 Å². The van der Waals surface area contributed by atoms with Gasteiger partial charge in [0.15, 0.2) is 17.3 Å². The maximum Gasteiger partial charge on any atom is 0.207 e. The fourth-order valence-electron chi connectivity index (χ4n) is 2.62. The van der Waals surface area contributed by atoms with E-state index in [4.69, 9.17) is 4.74 Å². The molecule has 3 aromatic rings. The Hall–Kier alpha value is -3.12. The molecule has 0 bridgehead atoms. The van der Waals surface area contributed by atoms with Crippen LogP contribution in [-0.4, -0.2) is 19.3 Å². The van der Waals surface area contributed by atoms with Gasteiger partial charge in [0.25, 0.3) is 0 Å². The lowest BCUT2D eigenvalue weighted by atomic mass is 10.1. The molecule has 0 amide bonds. The zero-order valence-electron chi connectivity index (χ0n) is 14.6. The SMILES string of the molecule is CC(=O)c1cc(O)c(OCc2ccccc2)cc1S(=O)(=O)c1ccccc1. The summed E-state index contributed by atoms with van der Waals surface area (Å²) in [4.78, 5) is 11.8. The fourth-order valence-corrected chi connectivity index (χ4v) is 4.15. The first kappa shape index (κ1) is 18.7. The lowest BCUT2D eigenvalue weighted by Crippen LogP contribution is -2.09. The Morgan fingerprint density at radius 1 is 0.963 bits per heavy atom. The number of phenolic OH excluding ortho intramolecular Hbond substituents is 1. The molecule has 0 aliphatic heterocycles. The van der Waals surface area contributed by atoms with Gasteiger partial charge in [-0.3, -0.25) is 4.79 Å². The third-order valence-electron chi connectivity index (χ3n) is 4.02. The van der Waals surface area contributed by atoms with Gasteiger partial charge in [0.1, 0.15) is 6.61 Å². The molecule has 3 rings (SSSR count). The number of ketones is 1. The van der Waals surface area contributed by atoms with Crippen LogP contribution in [0.25, 0.3) is 0 Å². The highest BCUT2D eigenvalue weighted by molar-refractivity contribution is 7.91. The van der Waals surface area contributed by atoms with Crippen molar-refractivity contribution < 1.29 is 23.1 Å². The summed E-state index contributed by atoms with van der Waals surface area (Å²) in [5.41, 5.74) is 0.781. The second-order valence-corrected chi connectivity index (χ2v) is 7.88. The molecule has 0 unspecified atom stereocenters. The molecule has 0 spiro atoms. The average molecular weight is 382 g/mol. The van der Waals surface area contributed by atoms with Crippen LogP contribution in [0.4, 0.5) is 0 Å². The van der Waals surface area contributed by atoms with Gasteiger partial charge in [0.2, 0.25) is 9.84 Å². The second kappa shape index (κ2) is 7.63. The van der Waals surface area contributed by atoms with E-state index in [-0.39, 0.29) is 33.5 Å². The molecule has 0 aliphatic carbocycles. The van der Waals surface area contributed by atoms with Gasteiger partial charge in [-0.25, -0.2) is 8.42 Å². The molecule has 1 N–H and O–H groups in total. The van der Waals surface area contributed by atoms with Crippen molar-refractivity contribution in [1.82, 2.24) is 0 Å². The summed E-state index contributed by atoms with van der Waals surface area (Å²) in [6.07, 6.45) is 0. The number of rotatable bonds is 6. The Morgan fingerprint density at radius 2 is 1.56 bits per heavy atom. The van der Waals surface area contributed by atoms with Crippen LogP contribution in [0.1, 0.15) is 22.8 Å². The van der Waals surface area contributed by atoms with Gasteiger partial charge >= 0.3 is 0 Å². The van der Waals surface area contributed by atoms with Gasteiger partial charge in [0, 0.05) is 11.6 Å². The number of sulfone groups is 1. The molecular formula is C21H18O5S. The van der Waals surface area contributed by atoms with Crippen LogP contribution in [0, 0.1) is 0 Å². The Bertz CT molecular complexity index is 1060. The van der Waals surface area contributed by atoms with Crippen molar-refractivity contribution in [3.63, 3.8) is 0 Å². The van der Waals surface area contributed by atoms with Gasteiger partial charge in [-0.1, -0.05) is 48.5 Å². The van der Waals surface area contributed by atoms with E-state index in [9.17, 15) is 18.3 Å². The fraction of sp³-hybridized carbons (Fsp3) is 0.0952. The monoisotopic (exact) mass is 382 g/mol. The first-order valence-electron chi connectivity index (χ1n) is 8.24. The smallest absolute Gasteiger partial charge is 0.207 e. The Morgan fingerprint density at radius 3 is 2.15 bits per heavy atom. The molecule has 138 valence electrons. The lowest BCUT2D eigenvalue weighted by Gasteiger charge is -2.14. The van der Waals surface area contributed by atoms with Crippen molar-refractivity contribution in [2.75, 3.05) is 0 Å². The standard InChI is InChI=1S/C21H18O5S/c1-15(22)18-12-19(23)20(26-14-16-8-4-2-5-9-16)13-21(18)27(24,25)17-10-6-3-7-11-17/h2-13,23H,14H2,1H3. The van der Waals surface area contributed by atoms with Crippen LogP contribution in [-0.2, 0) is 16.4 Å². The maximum absolute atomic E-state index is 13.0. The number of phenols is 1. The topological polar surface area (TPSA) is 80.7 Å². The van der Waals surface area contributed by atoms with E-state index < -0.39 is 15.6 Å². The second-order valence-electron chi connectivity index (χ2n) is 5.96. The zero-order valence-corrected chi connectivity index (χ0v) is 15.4. The normalized spacial score (nSPS) is 11.1. The van der Waals surface area contributed by atoms with E-state index >= 15 is 0 Å². The highest BCUT2D eigenvalue weighted by Gasteiger charge is 2.25. The number of ether oxygens (including phenoxy) is 1. The van der Waals surface area contributed by atoms with Crippen molar-refractivity contribution >= 4 is 15.6 Å². The third kappa shape index (κ3) is 4.01. The molecule has 5 nitrogen and oxygen atoms in total.